The van der Waals surface area contributed by atoms with Crippen LogP contribution in [0.25, 0.3) is 0 Å². The standard InChI is InChI=1S/C27H33N3O6S/c1-3-36-27(33)22-7-4-5-8-23(22)28-25(31)24-9-6-16-30(24)26(32)20-14-17-29(18-15-20)37(34,35)21-12-10-19(2)11-13-21/h4-5,7-8,10-13,20,24H,3,6,9,14-18H2,1-2H3,(H,28,31). The van der Waals surface area contributed by atoms with Crippen LogP contribution in [0, 0.1) is 12.8 Å². The zero-order valence-corrected chi connectivity index (χ0v) is 22.0. The van der Waals surface area contributed by atoms with E-state index in [1.165, 1.54) is 4.31 Å². The molecule has 0 bridgehead atoms. The van der Waals surface area contributed by atoms with Crippen molar-refractivity contribution in [2.24, 2.45) is 5.92 Å². The van der Waals surface area contributed by atoms with Gasteiger partial charge in [0.25, 0.3) is 0 Å². The molecule has 2 aromatic rings. The van der Waals surface area contributed by atoms with Gasteiger partial charge in [-0.15, -0.1) is 0 Å². The molecule has 2 aliphatic rings. The lowest BCUT2D eigenvalue weighted by molar-refractivity contribution is -0.141. The van der Waals surface area contributed by atoms with Gasteiger partial charge in [0.2, 0.25) is 21.8 Å². The Morgan fingerprint density at radius 1 is 0.973 bits per heavy atom. The van der Waals surface area contributed by atoms with Crippen molar-refractivity contribution < 1.29 is 27.5 Å². The van der Waals surface area contributed by atoms with Crippen molar-refractivity contribution in [2.75, 3.05) is 31.6 Å². The topological polar surface area (TPSA) is 113 Å². The van der Waals surface area contributed by atoms with Gasteiger partial charge in [-0.05, 0) is 63.8 Å². The second kappa shape index (κ2) is 11.4. The highest BCUT2D eigenvalue weighted by Crippen LogP contribution is 2.29. The van der Waals surface area contributed by atoms with Crippen molar-refractivity contribution in [3.63, 3.8) is 0 Å². The lowest BCUT2D eigenvalue weighted by atomic mass is 9.96. The highest BCUT2D eigenvalue weighted by Gasteiger charge is 2.39. The molecule has 198 valence electrons. The van der Waals surface area contributed by atoms with E-state index in [9.17, 15) is 22.8 Å². The second-order valence-corrected chi connectivity index (χ2v) is 11.4. The molecule has 0 saturated carbocycles. The third kappa shape index (κ3) is 5.86. The van der Waals surface area contributed by atoms with Crippen molar-refractivity contribution in [1.29, 1.82) is 0 Å². The number of hydrogen-bond acceptors (Lipinski definition) is 6. The molecule has 2 aliphatic heterocycles. The van der Waals surface area contributed by atoms with Crippen LogP contribution in [-0.4, -0.2) is 67.7 Å². The number of likely N-dealkylation sites (tertiary alicyclic amines) is 1. The van der Waals surface area contributed by atoms with Crippen LogP contribution < -0.4 is 5.32 Å². The number of benzene rings is 2. The van der Waals surface area contributed by atoms with Gasteiger partial charge in [-0.3, -0.25) is 9.59 Å². The molecule has 37 heavy (non-hydrogen) atoms. The van der Waals surface area contributed by atoms with Gasteiger partial charge in [0.1, 0.15) is 6.04 Å². The fraction of sp³-hybridized carbons (Fsp3) is 0.444. The normalized spacial score (nSPS) is 19.0. The second-order valence-electron chi connectivity index (χ2n) is 9.44. The van der Waals surface area contributed by atoms with Crippen LogP contribution in [0.5, 0.6) is 0 Å². The lowest BCUT2D eigenvalue weighted by Gasteiger charge is -2.34. The molecular formula is C27H33N3O6S. The molecule has 2 amide bonds. The number of ether oxygens (including phenoxy) is 1. The number of esters is 1. The molecule has 2 fully saturated rings. The predicted octanol–water partition coefficient (Wildman–Crippen LogP) is 3.20. The molecule has 1 unspecified atom stereocenters. The Balaban J connectivity index is 1.39. The molecule has 2 heterocycles. The van der Waals surface area contributed by atoms with E-state index in [0.717, 1.165) is 5.56 Å². The molecule has 4 rings (SSSR count). The van der Waals surface area contributed by atoms with Crippen LogP contribution in [-0.2, 0) is 24.3 Å². The number of anilines is 1. The Morgan fingerprint density at radius 2 is 1.65 bits per heavy atom. The van der Waals surface area contributed by atoms with Crippen molar-refractivity contribution in [2.45, 2.75) is 50.5 Å². The van der Waals surface area contributed by atoms with Gasteiger partial charge in [-0.2, -0.15) is 4.31 Å². The molecule has 1 N–H and O–H groups in total. The number of nitrogens with one attached hydrogen (secondary N) is 1. The fourth-order valence-electron chi connectivity index (χ4n) is 4.93. The van der Waals surface area contributed by atoms with E-state index in [1.54, 1.807) is 60.4 Å². The predicted molar refractivity (Wildman–Crippen MR) is 138 cm³/mol. The largest absolute Gasteiger partial charge is 0.462 e. The van der Waals surface area contributed by atoms with Gasteiger partial charge in [0.15, 0.2) is 0 Å². The van der Waals surface area contributed by atoms with Crippen LogP contribution in [0.3, 0.4) is 0 Å². The number of nitrogens with zero attached hydrogens (tertiary/aromatic N) is 2. The third-order valence-corrected chi connectivity index (χ3v) is 8.89. The lowest BCUT2D eigenvalue weighted by Crippen LogP contribution is -2.48. The maximum Gasteiger partial charge on any atom is 0.340 e. The monoisotopic (exact) mass is 527 g/mol. The summed E-state index contributed by atoms with van der Waals surface area (Å²) in [4.78, 5) is 40.7. The molecule has 2 aromatic carbocycles. The van der Waals surface area contributed by atoms with E-state index in [1.807, 2.05) is 6.92 Å². The molecule has 1 atom stereocenters. The summed E-state index contributed by atoms with van der Waals surface area (Å²) in [5.74, 6) is -1.33. The van der Waals surface area contributed by atoms with Crippen LogP contribution >= 0.6 is 0 Å². The van der Waals surface area contributed by atoms with Crippen LogP contribution in [0.15, 0.2) is 53.4 Å². The number of piperidine rings is 1. The summed E-state index contributed by atoms with van der Waals surface area (Å²) in [6, 6.07) is 12.7. The van der Waals surface area contributed by atoms with E-state index in [2.05, 4.69) is 5.32 Å². The molecule has 0 aromatic heterocycles. The summed E-state index contributed by atoms with van der Waals surface area (Å²) in [5.41, 5.74) is 1.59. The van der Waals surface area contributed by atoms with E-state index < -0.39 is 22.0 Å². The molecule has 0 spiro atoms. The van der Waals surface area contributed by atoms with Crippen LogP contribution in [0.4, 0.5) is 5.69 Å². The Kier molecular flexibility index (Phi) is 8.29. The Labute approximate surface area is 217 Å². The average Bonchev–Trinajstić information content (AvgIpc) is 3.39. The van der Waals surface area contributed by atoms with Crippen molar-refractivity contribution >= 4 is 33.5 Å². The van der Waals surface area contributed by atoms with Crippen molar-refractivity contribution in [1.82, 2.24) is 9.21 Å². The molecule has 10 heteroatoms. The van der Waals surface area contributed by atoms with Gasteiger partial charge >= 0.3 is 5.97 Å². The number of carbonyl (C=O) groups excluding carboxylic acids is 3. The molecule has 0 radical (unpaired) electrons. The maximum absolute atomic E-state index is 13.4. The summed E-state index contributed by atoms with van der Waals surface area (Å²) in [5, 5.41) is 2.81. The van der Waals surface area contributed by atoms with Gasteiger partial charge in [0, 0.05) is 25.6 Å². The first-order valence-corrected chi connectivity index (χ1v) is 14.1. The van der Waals surface area contributed by atoms with E-state index >= 15 is 0 Å². The van der Waals surface area contributed by atoms with Crippen molar-refractivity contribution in [3.05, 3.63) is 59.7 Å². The number of aryl methyl sites for hydroxylation is 1. The van der Waals surface area contributed by atoms with E-state index in [4.69, 9.17) is 4.74 Å². The number of sulfonamides is 1. The van der Waals surface area contributed by atoms with Crippen LogP contribution in [0.2, 0.25) is 0 Å². The third-order valence-electron chi connectivity index (χ3n) is 6.98. The molecular weight excluding hydrogens is 494 g/mol. The average molecular weight is 528 g/mol. The minimum Gasteiger partial charge on any atom is -0.462 e. The number of rotatable bonds is 7. The molecule has 0 aliphatic carbocycles. The highest BCUT2D eigenvalue weighted by molar-refractivity contribution is 7.89. The Bertz CT molecular complexity index is 1250. The summed E-state index contributed by atoms with van der Waals surface area (Å²) >= 11 is 0. The van der Waals surface area contributed by atoms with Crippen molar-refractivity contribution in [3.8, 4) is 0 Å². The summed E-state index contributed by atoms with van der Waals surface area (Å²) in [6.07, 6.45) is 2.03. The zero-order chi connectivity index (χ0) is 26.6. The quantitative estimate of drug-likeness (QED) is 0.554. The maximum atomic E-state index is 13.4. The van der Waals surface area contributed by atoms with E-state index in [-0.39, 0.29) is 47.9 Å². The highest BCUT2D eigenvalue weighted by atomic mass is 32.2. The first-order valence-electron chi connectivity index (χ1n) is 12.7. The Morgan fingerprint density at radius 3 is 2.32 bits per heavy atom. The fourth-order valence-corrected chi connectivity index (χ4v) is 6.40. The number of carbonyl (C=O) groups is 3. The minimum atomic E-state index is -3.61. The van der Waals surface area contributed by atoms with Crippen LogP contribution in [0.1, 0.15) is 48.5 Å². The minimum absolute atomic E-state index is 0.122. The smallest absolute Gasteiger partial charge is 0.340 e. The van der Waals surface area contributed by atoms with Gasteiger partial charge < -0.3 is 15.0 Å². The summed E-state index contributed by atoms with van der Waals surface area (Å²) in [6.45, 7) is 4.81. The SMILES string of the molecule is CCOC(=O)c1ccccc1NC(=O)C1CCCN1C(=O)C1CCN(S(=O)(=O)c2ccc(C)cc2)CC1. The Hall–Kier alpha value is -3.24. The van der Waals surface area contributed by atoms with Gasteiger partial charge in [0.05, 0.1) is 22.8 Å². The first-order chi connectivity index (χ1) is 17.7. The molecule has 2 saturated heterocycles. The number of hydrogen-bond donors (Lipinski definition) is 1. The summed E-state index contributed by atoms with van der Waals surface area (Å²) < 4.78 is 32.5. The summed E-state index contributed by atoms with van der Waals surface area (Å²) in [7, 11) is -3.61. The zero-order valence-electron chi connectivity index (χ0n) is 21.2. The van der Waals surface area contributed by atoms with Gasteiger partial charge in [-0.1, -0.05) is 29.8 Å². The van der Waals surface area contributed by atoms with E-state index in [0.29, 0.717) is 37.9 Å². The van der Waals surface area contributed by atoms with Gasteiger partial charge in [-0.25, -0.2) is 13.2 Å². The number of para-hydroxylation sites is 1. The first kappa shape index (κ1) is 26.8. The number of amides is 2. The molecule has 9 nitrogen and oxygen atoms in total.